The van der Waals surface area contributed by atoms with Crippen LogP contribution in [0.2, 0.25) is 0 Å². The van der Waals surface area contributed by atoms with Gasteiger partial charge in [-0.2, -0.15) is 24.9 Å². The van der Waals surface area contributed by atoms with Gasteiger partial charge in [0, 0.05) is 48.0 Å². The lowest BCUT2D eigenvalue weighted by Crippen LogP contribution is -2.58. The van der Waals surface area contributed by atoms with Gasteiger partial charge in [0.15, 0.2) is 0 Å². The molecular weight excluding hydrogens is 643 g/mol. The highest BCUT2D eigenvalue weighted by molar-refractivity contribution is 8.00. The number of hydrogen-bond donors (Lipinski definition) is 2. The molecule has 1 aliphatic carbocycles. The Morgan fingerprint density at radius 1 is 1.25 bits per heavy atom. The third kappa shape index (κ3) is 7.93. The van der Waals surface area contributed by atoms with Crippen molar-refractivity contribution in [2.45, 2.75) is 94.0 Å². The van der Waals surface area contributed by atoms with Crippen molar-refractivity contribution in [2.24, 2.45) is 17.8 Å². The van der Waals surface area contributed by atoms with Crippen molar-refractivity contribution in [1.29, 1.82) is 0 Å². The molecule has 10 nitrogen and oxygen atoms in total. The van der Waals surface area contributed by atoms with E-state index < -0.39 is 34.6 Å². The maximum Gasteiger partial charge on any atom is 0.401 e. The number of aryl methyl sites for hydroxylation is 1. The molecule has 44 heavy (non-hydrogen) atoms. The molecule has 0 radical (unpaired) electrons. The number of thioether (sulfide) groups is 1. The molecule has 248 valence electrons. The van der Waals surface area contributed by atoms with E-state index in [4.69, 9.17) is 16.3 Å². The second-order valence-corrected chi connectivity index (χ2v) is 16.3. The highest BCUT2D eigenvalue weighted by Gasteiger charge is 2.52. The molecule has 5 rings (SSSR count). The predicted molar refractivity (Wildman–Crippen MR) is 162 cm³/mol. The minimum Gasteiger partial charge on any atom is -0.376 e. The van der Waals surface area contributed by atoms with Crippen LogP contribution in [0.25, 0.3) is 0 Å². The van der Waals surface area contributed by atoms with Gasteiger partial charge in [0.25, 0.3) is 5.56 Å². The van der Waals surface area contributed by atoms with Crippen molar-refractivity contribution < 1.29 is 31.1 Å². The van der Waals surface area contributed by atoms with Gasteiger partial charge in [0.2, 0.25) is 15.9 Å². The van der Waals surface area contributed by atoms with Crippen LogP contribution >= 0.6 is 23.4 Å². The molecule has 4 aliphatic rings. The van der Waals surface area contributed by atoms with E-state index in [-0.39, 0.29) is 72.5 Å². The Balaban J connectivity index is 1.27. The molecule has 0 spiro atoms. The van der Waals surface area contributed by atoms with Gasteiger partial charge in [-0.1, -0.05) is 0 Å². The van der Waals surface area contributed by atoms with E-state index in [1.165, 1.54) is 9.47 Å². The van der Waals surface area contributed by atoms with Crippen LogP contribution < -0.4 is 15.6 Å². The Morgan fingerprint density at radius 2 is 2.00 bits per heavy atom. The van der Waals surface area contributed by atoms with Gasteiger partial charge < -0.3 is 10.1 Å². The molecule has 0 aromatic carbocycles. The number of halogens is 4. The maximum atomic E-state index is 13.4. The van der Waals surface area contributed by atoms with Crippen LogP contribution in [0.5, 0.6) is 0 Å². The van der Waals surface area contributed by atoms with Gasteiger partial charge >= 0.3 is 6.18 Å². The zero-order chi connectivity index (χ0) is 32.0. The first-order chi connectivity index (χ1) is 20.6. The summed E-state index contributed by atoms with van der Waals surface area (Å²) in [6.07, 6.45) is -0.0197. The van der Waals surface area contributed by atoms with Crippen LogP contribution in [-0.2, 0) is 39.1 Å². The summed E-state index contributed by atoms with van der Waals surface area (Å²) in [6.45, 7) is 3.33. The molecule has 2 N–H and O–H groups in total. The Kier molecular flexibility index (Phi) is 10.3. The predicted octanol–water partition coefficient (Wildman–Crippen LogP) is 2.44. The van der Waals surface area contributed by atoms with Gasteiger partial charge in [-0.15, -0.1) is 11.6 Å². The number of aromatic nitrogens is 2. The summed E-state index contributed by atoms with van der Waals surface area (Å²) in [4.78, 5) is 32.0. The monoisotopic (exact) mass is 683 g/mol. The zero-order valence-corrected chi connectivity index (χ0v) is 27.5. The number of ether oxygens (including phenoxy) is 1. The van der Waals surface area contributed by atoms with E-state index in [0.717, 1.165) is 31.9 Å². The molecule has 0 bridgehead atoms. The fraction of sp³-hybridized carbons (Fsp3) is 0.821. The third-order valence-electron chi connectivity index (χ3n) is 9.36. The number of nitrogens with one attached hydrogen (secondary N) is 2. The average Bonchev–Trinajstić information content (AvgIpc) is 3.33. The number of fused-ring (bicyclic) bond motifs is 2. The summed E-state index contributed by atoms with van der Waals surface area (Å²) < 4.78 is 72.6. The molecule has 1 aromatic rings. The quantitative estimate of drug-likeness (QED) is 0.398. The van der Waals surface area contributed by atoms with Gasteiger partial charge in [0.1, 0.15) is 5.82 Å². The Bertz CT molecular complexity index is 1400. The SMILES string of the molecule is Cc1nc2c(c(=O)n1CCOC1CCC(Cl)CC1C1CC(C)NC3C(C(=O)NS(C)(=O)=O)CSC13)CN(CC(F)(F)F)CC2. The number of carbonyl (C=O) groups is 1. The third-order valence-corrected chi connectivity index (χ3v) is 11.9. The fourth-order valence-electron chi connectivity index (χ4n) is 7.52. The first kappa shape index (κ1) is 34.0. The fourth-order valence-corrected chi connectivity index (χ4v) is 10.2. The first-order valence-electron chi connectivity index (χ1n) is 15.1. The summed E-state index contributed by atoms with van der Waals surface area (Å²) in [5, 5.41) is 3.63. The van der Waals surface area contributed by atoms with Gasteiger partial charge in [-0.25, -0.2) is 13.4 Å². The van der Waals surface area contributed by atoms with Crippen LogP contribution in [0, 0.1) is 24.7 Å². The topological polar surface area (TPSA) is 123 Å². The second-order valence-electron chi connectivity index (χ2n) is 12.7. The lowest BCUT2D eigenvalue weighted by atomic mass is 9.70. The number of piperidine rings is 1. The van der Waals surface area contributed by atoms with Crippen LogP contribution in [0.15, 0.2) is 4.79 Å². The number of sulfonamides is 1. The Labute approximate surface area is 265 Å². The van der Waals surface area contributed by atoms with Gasteiger partial charge in [-0.05, 0) is 51.4 Å². The standard InChI is InChI=1S/C28H41ClF3N5O5S2/c1-15-10-19(25-24(33-15)21(13-43-25)26(38)35-44(3,40)41)18-11-17(29)4-5-23(18)42-9-8-37-16(2)34-22-6-7-36(14-28(30,31)32)12-20(22)27(37)39/h15,17-19,21,23-25,33H,4-14H2,1-3H3,(H,35,38). The largest absolute Gasteiger partial charge is 0.401 e. The summed E-state index contributed by atoms with van der Waals surface area (Å²) >= 11 is 8.37. The minimum atomic E-state index is -4.34. The van der Waals surface area contributed by atoms with E-state index in [9.17, 15) is 31.2 Å². The molecule has 1 saturated carbocycles. The molecule has 8 unspecified atom stereocenters. The summed E-state index contributed by atoms with van der Waals surface area (Å²) in [5.74, 6) is 0.377. The minimum absolute atomic E-state index is 0.00595. The highest BCUT2D eigenvalue weighted by atomic mass is 35.5. The molecule has 2 saturated heterocycles. The van der Waals surface area contributed by atoms with Crippen molar-refractivity contribution in [2.75, 3.05) is 31.7 Å². The van der Waals surface area contributed by atoms with Crippen LogP contribution in [0.3, 0.4) is 0 Å². The molecule has 3 fully saturated rings. The first-order valence-corrected chi connectivity index (χ1v) is 18.5. The molecule has 1 amide bonds. The van der Waals surface area contributed by atoms with Gasteiger partial charge in [-0.3, -0.25) is 23.8 Å². The van der Waals surface area contributed by atoms with Crippen molar-refractivity contribution >= 4 is 39.3 Å². The van der Waals surface area contributed by atoms with E-state index >= 15 is 0 Å². The van der Waals surface area contributed by atoms with Crippen molar-refractivity contribution in [1.82, 2.24) is 24.5 Å². The maximum absolute atomic E-state index is 13.4. The van der Waals surface area contributed by atoms with E-state index in [1.54, 1.807) is 18.7 Å². The van der Waals surface area contributed by atoms with Crippen LogP contribution in [0.1, 0.15) is 49.7 Å². The van der Waals surface area contributed by atoms with Crippen molar-refractivity contribution in [3.63, 3.8) is 0 Å². The number of amides is 1. The number of carbonyl (C=O) groups excluding carboxylic acids is 1. The molecular formula is C28H41ClF3N5O5S2. The van der Waals surface area contributed by atoms with Crippen molar-refractivity contribution in [3.05, 3.63) is 27.4 Å². The molecule has 3 aliphatic heterocycles. The average molecular weight is 684 g/mol. The number of hydrogen-bond acceptors (Lipinski definition) is 9. The molecule has 1 aromatic heterocycles. The van der Waals surface area contributed by atoms with Crippen LogP contribution in [-0.4, -0.2) is 95.5 Å². The van der Waals surface area contributed by atoms with E-state index in [1.807, 2.05) is 0 Å². The van der Waals surface area contributed by atoms with E-state index in [2.05, 4.69) is 21.9 Å². The lowest BCUT2D eigenvalue weighted by Gasteiger charge is -2.47. The smallest absolute Gasteiger partial charge is 0.376 e. The second kappa shape index (κ2) is 13.4. The number of rotatable bonds is 8. The normalized spacial score (nSPS) is 33.1. The van der Waals surface area contributed by atoms with Crippen molar-refractivity contribution in [3.8, 4) is 0 Å². The summed E-state index contributed by atoms with van der Waals surface area (Å²) in [5.41, 5.74) is 0.560. The molecule has 4 heterocycles. The van der Waals surface area contributed by atoms with Crippen LogP contribution in [0.4, 0.5) is 13.2 Å². The molecule has 16 heteroatoms. The highest BCUT2D eigenvalue weighted by Crippen LogP contribution is 2.48. The zero-order valence-electron chi connectivity index (χ0n) is 25.1. The summed E-state index contributed by atoms with van der Waals surface area (Å²) in [6, 6.07) is -0.0592. The van der Waals surface area contributed by atoms with Gasteiger partial charge in [0.05, 0.1) is 49.2 Å². The Morgan fingerprint density at radius 3 is 2.70 bits per heavy atom. The summed E-state index contributed by atoms with van der Waals surface area (Å²) in [7, 11) is -3.67. The number of alkyl halides is 4. The lowest BCUT2D eigenvalue weighted by molar-refractivity contribution is -0.147. The van der Waals surface area contributed by atoms with E-state index in [0.29, 0.717) is 29.3 Å². The number of nitrogens with zero attached hydrogens (tertiary/aromatic N) is 3. The molecule has 8 atom stereocenters. The Hall–Kier alpha value is -1.39.